The van der Waals surface area contributed by atoms with Crippen LogP contribution in [0.4, 0.5) is 0 Å². The largest absolute Gasteiger partial charge is 0.496 e. The summed E-state index contributed by atoms with van der Waals surface area (Å²) in [5, 5.41) is 9.76. The molecule has 30 heavy (non-hydrogen) atoms. The number of methoxy groups -OCH3 is 1. The number of carbonyl (C=O) groups is 1. The Morgan fingerprint density at radius 2 is 1.93 bits per heavy atom. The van der Waals surface area contributed by atoms with Gasteiger partial charge in [0.15, 0.2) is 5.69 Å². The van der Waals surface area contributed by atoms with Crippen molar-refractivity contribution in [2.24, 2.45) is 0 Å². The van der Waals surface area contributed by atoms with Crippen LogP contribution in [0.5, 0.6) is 5.75 Å². The van der Waals surface area contributed by atoms with Crippen molar-refractivity contribution in [1.82, 2.24) is 19.4 Å². The molecule has 8 heteroatoms. The van der Waals surface area contributed by atoms with Gasteiger partial charge >= 0.3 is 5.97 Å². The summed E-state index contributed by atoms with van der Waals surface area (Å²) in [4.78, 5) is 12.0. The quantitative estimate of drug-likeness (QED) is 0.429. The predicted octanol–water partition coefficient (Wildman–Crippen LogP) is 4.39. The average molecular weight is 425 g/mol. The number of carbonyl (C=O) groups excluding carboxylic acids is 1. The highest BCUT2D eigenvalue weighted by atomic mass is 35.5. The maximum Gasteiger partial charge on any atom is 0.358 e. The van der Waals surface area contributed by atoms with Gasteiger partial charge in [-0.15, -0.1) is 0 Å². The van der Waals surface area contributed by atoms with Gasteiger partial charge in [-0.05, 0) is 50.2 Å². The monoisotopic (exact) mass is 424 g/mol. The minimum Gasteiger partial charge on any atom is -0.496 e. The Kier molecular flexibility index (Phi) is 5.46. The first-order chi connectivity index (χ1) is 14.5. The third-order valence-corrected chi connectivity index (χ3v) is 4.98. The standard InChI is InChI=1S/C22H21ClN4O3/c1-4-30-22(28)20-9-14(2)26(24-20)13-17-11-15(23)10-16-12-19(25-27(16)17)18-7-5-6-8-21(18)29-3/h5-12H,4,13H2,1-3H3. The molecule has 0 aliphatic rings. The third kappa shape index (κ3) is 3.76. The molecule has 0 saturated carbocycles. The number of para-hydroxylation sites is 1. The normalized spacial score (nSPS) is 11.1. The molecule has 1 aromatic carbocycles. The van der Waals surface area contributed by atoms with Crippen LogP contribution >= 0.6 is 11.6 Å². The number of hydrogen-bond donors (Lipinski definition) is 0. The van der Waals surface area contributed by atoms with Gasteiger partial charge in [0.05, 0.1) is 37.2 Å². The van der Waals surface area contributed by atoms with Gasteiger partial charge in [0.1, 0.15) is 5.75 Å². The average Bonchev–Trinajstić information content (AvgIpc) is 3.32. The summed E-state index contributed by atoms with van der Waals surface area (Å²) in [6.45, 7) is 4.36. The summed E-state index contributed by atoms with van der Waals surface area (Å²) in [6.07, 6.45) is 0. The number of halogens is 1. The fourth-order valence-corrected chi connectivity index (χ4v) is 3.60. The molecule has 7 nitrogen and oxygen atoms in total. The van der Waals surface area contributed by atoms with E-state index in [9.17, 15) is 4.79 Å². The van der Waals surface area contributed by atoms with Crippen LogP contribution in [0.2, 0.25) is 5.02 Å². The molecule has 0 radical (unpaired) electrons. The first kappa shape index (κ1) is 20.0. The molecule has 0 aliphatic heterocycles. The fourth-order valence-electron chi connectivity index (χ4n) is 3.36. The lowest BCUT2D eigenvalue weighted by molar-refractivity contribution is 0.0518. The molecule has 0 atom stereocenters. The van der Waals surface area contributed by atoms with Crippen molar-refractivity contribution in [3.05, 3.63) is 70.6 Å². The van der Waals surface area contributed by atoms with Crippen LogP contribution < -0.4 is 4.74 Å². The van der Waals surface area contributed by atoms with Crippen molar-refractivity contribution < 1.29 is 14.3 Å². The number of aromatic nitrogens is 4. The molecule has 0 fully saturated rings. The maximum atomic E-state index is 12.0. The van der Waals surface area contributed by atoms with Gasteiger partial charge < -0.3 is 9.47 Å². The Morgan fingerprint density at radius 1 is 1.13 bits per heavy atom. The van der Waals surface area contributed by atoms with Crippen molar-refractivity contribution in [1.29, 1.82) is 0 Å². The molecule has 0 unspecified atom stereocenters. The van der Waals surface area contributed by atoms with Gasteiger partial charge in [-0.2, -0.15) is 10.2 Å². The van der Waals surface area contributed by atoms with E-state index in [2.05, 4.69) is 5.10 Å². The van der Waals surface area contributed by atoms with E-state index in [0.29, 0.717) is 18.2 Å². The molecule has 0 bridgehead atoms. The Hall–Kier alpha value is -3.32. The molecule has 0 saturated heterocycles. The lowest BCUT2D eigenvalue weighted by atomic mass is 10.1. The van der Waals surface area contributed by atoms with Crippen LogP contribution in [0.15, 0.2) is 48.5 Å². The predicted molar refractivity (Wildman–Crippen MR) is 114 cm³/mol. The molecule has 154 valence electrons. The number of pyridine rings is 1. The second-order valence-electron chi connectivity index (χ2n) is 6.78. The van der Waals surface area contributed by atoms with E-state index in [1.54, 1.807) is 24.8 Å². The zero-order chi connectivity index (χ0) is 21.3. The minimum atomic E-state index is -0.437. The van der Waals surface area contributed by atoms with E-state index in [1.165, 1.54) is 0 Å². The van der Waals surface area contributed by atoms with Crippen LogP contribution in [0, 0.1) is 6.92 Å². The molecule has 0 amide bonds. The molecule has 3 heterocycles. The van der Waals surface area contributed by atoms with Gasteiger partial charge in [-0.1, -0.05) is 23.7 Å². The van der Waals surface area contributed by atoms with E-state index in [-0.39, 0.29) is 5.69 Å². The molecular formula is C22H21ClN4O3. The van der Waals surface area contributed by atoms with E-state index < -0.39 is 5.97 Å². The zero-order valence-corrected chi connectivity index (χ0v) is 17.7. The van der Waals surface area contributed by atoms with E-state index in [0.717, 1.165) is 33.9 Å². The van der Waals surface area contributed by atoms with E-state index in [4.69, 9.17) is 26.2 Å². The summed E-state index contributed by atoms with van der Waals surface area (Å²) in [5.74, 6) is 0.309. The number of nitrogens with zero attached hydrogens (tertiary/aromatic N) is 4. The van der Waals surface area contributed by atoms with Crippen molar-refractivity contribution in [2.45, 2.75) is 20.4 Å². The van der Waals surface area contributed by atoms with Crippen LogP contribution in [0.25, 0.3) is 16.8 Å². The molecule has 0 aliphatic carbocycles. The molecule has 4 aromatic rings. The SMILES string of the molecule is CCOC(=O)c1cc(C)n(Cc2cc(Cl)cc3cc(-c4ccccc4OC)nn23)n1. The third-order valence-electron chi connectivity index (χ3n) is 4.76. The summed E-state index contributed by atoms with van der Waals surface area (Å²) < 4.78 is 14.1. The second kappa shape index (κ2) is 8.20. The number of ether oxygens (including phenoxy) is 2. The summed E-state index contributed by atoms with van der Waals surface area (Å²) >= 11 is 6.37. The molecule has 0 N–H and O–H groups in total. The lowest BCUT2D eigenvalue weighted by Gasteiger charge is -2.08. The molecule has 0 spiro atoms. The number of fused-ring (bicyclic) bond motifs is 1. The van der Waals surface area contributed by atoms with Crippen LogP contribution in [0.1, 0.15) is 28.8 Å². The van der Waals surface area contributed by atoms with E-state index >= 15 is 0 Å². The van der Waals surface area contributed by atoms with Gasteiger partial charge in [0.2, 0.25) is 0 Å². The maximum absolute atomic E-state index is 12.0. The van der Waals surface area contributed by atoms with Crippen molar-refractivity contribution in [2.75, 3.05) is 13.7 Å². The second-order valence-corrected chi connectivity index (χ2v) is 7.22. The van der Waals surface area contributed by atoms with Crippen LogP contribution in [-0.2, 0) is 11.3 Å². The highest BCUT2D eigenvalue weighted by molar-refractivity contribution is 6.31. The van der Waals surface area contributed by atoms with Gasteiger partial charge in [0, 0.05) is 16.3 Å². The molecular weight excluding hydrogens is 404 g/mol. The van der Waals surface area contributed by atoms with Crippen LogP contribution in [-0.4, -0.2) is 39.1 Å². The zero-order valence-electron chi connectivity index (χ0n) is 16.9. The van der Waals surface area contributed by atoms with Crippen LogP contribution in [0.3, 0.4) is 0 Å². The smallest absolute Gasteiger partial charge is 0.358 e. The summed E-state index contributed by atoms with van der Waals surface area (Å²) in [5.41, 5.74) is 4.48. The summed E-state index contributed by atoms with van der Waals surface area (Å²) in [7, 11) is 1.64. The lowest BCUT2D eigenvalue weighted by Crippen LogP contribution is -2.11. The Labute approximate surface area is 178 Å². The first-order valence-electron chi connectivity index (χ1n) is 9.53. The van der Waals surface area contributed by atoms with Gasteiger partial charge in [0.25, 0.3) is 0 Å². The number of rotatable bonds is 6. The van der Waals surface area contributed by atoms with Gasteiger partial charge in [-0.25, -0.2) is 9.31 Å². The van der Waals surface area contributed by atoms with Crippen molar-refractivity contribution >= 4 is 23.1 Å². The highest BCUT2D eigenvalue weighted by Gasteiger charge is 2.16. The molecule has 3 aromatic heterocycles. The van der Waals surface area contributed by atoms with Crippen molar-refractivity contribution in [3.63, 3.8) is 0 Å². The Morgan fingerprint density at radius 3 is 2.70 bits per heavy atom. The Balaban J connectivity index is 1.75. The summed E-state index contributed by atoms with van der Waals surface area (Å²) in [6, 6.07) is 15.1. The number of aryl methyl sites for hydroxylation is 1. The number of hydrogen-bond acceptors (Lipinski definition) is 5. The van der Waals surface area contributed by atoms with Crippen molar-refractivity contribution in [3.8, 4) is 17.0 Å². The fraction of sp³-hybridized carbons (Fsp3) is 0.227. The minimum absolute atomic E-state index is 0.280. The van der Waals surface area contributed by atoms with E-state index in [1.807, 2.05) is 53.9 Å². The Bertz CT molecular complexity index is 1230. The van der Waals surface area contributed by atoms with Gasteiger partial charge in [-0.3, -0.25) is 4.68 Å². The number of esters is 1. The molecule has 4 rings (SSSR count). The first-order valence-corrected chi connectivity index (χ1v) is 9.91. The number of benzene rings is 1. The highest BCUT2D eigenvalue weighted by Crippen LogP contribution is 2.30. The topological polar surface area (TPSA) is 70.7 Å².